The van der Waals surface area contributed by atoms with Crippen molar-refractivity contribution in [3.63, 3.8) is 0 Å². The number of halogens is 1. The first-order chi connectivity index (χ1) is 10.2. The first-order valence-corrected chi connectivity index (χ1v) is 7.75. The summed E-state index contributed by atoms with van der Waals surface area (Å²) < 4.78 is 5.50. The fraction of sp³-hybridized carbons (Fsp3) is 0.400. The topological polar surface area (TPSA) is 52.8 Å². The van der Waals surface area contributed by atoms with Crippen LogP contribution in [-0.4, -0.2) is 38.5 Å². The number of furan rings is 1. The van der Waals surface area contributed by atoms with E-state index in [1.807, 2.05) is 26.2 Å². The van der Waals surface area contributed by atoms with Crippen LogP contribution in [0.3, 0.4) is 0 Å². The van der Waals surface area contributed by atoms with Gasteiger partial charge in [0.15, 0.2) is 5.96 Å². The molecule has 7 heteroatoms. The van der Waals surface area contributed by atoms with Gasteiger partial charge in [-0.25, -0.2) is 0 Å². The summed E-state index contributed by atoms with van der Waals surface area (Å²) in [6, 6.07) is 8.23. The lowest BCUT2D eigenvalue weighted by atomic mass is 10.2. The van der Waals surface area contributed by atoms with Gasteiger partial charge in [0.1, 0.15) is 5.76 Å². The molecule has 0 aliphatic rings. The molecule has 0 saturated carbocycles. The van der Waals surface area contributed by atoms with E-state index in [1.54, 1.807) is 24.6 Å². The zero-order chi connectivity index (χ0) is 15.1. The lowest BCUT2D eigenvalue weighted by molar-refractivity contribution is 0.258. The molecule has 2 N–H and O–H groups in total. The number of nitrogens with one attached hydrogen (secondary N) is 2. The summed E-state index contributed by atoms with van der Waals surface area (Å²) in [5.74, 6) is 1.74. The first kappa shape index (κ1) is 19.0. The van der Waals surface area contributed by atoms with Gasteiger partial charge in [0.25, 0.3) is 0 Å². The predicted molar refractivity (Wildman–Crippen MR) is 103 cm³/mol. The van der Waals surface area contributed by atoms with Crippen LogP contribution in [0.5, 0.6) is 0 Å². The van der Waals surface area contributed by atoms with Crippen molar-refractivity contribution in [1.82, 2.24) is 15.5 Å². The number of guanidine groups is 1. The molecule has 0 saturated heterocycles. The Kier molecular flexibility index (Phi) is 8.51. The molecule has 0 amide bonds. The summed E-state index contributed by atoms with van der Waals surface area (Å²) in [6.45, 7) is 1.51. The molecule has 0 bridgehead atoms. The molecule has 0 radical (unpaired) electrons. The van der Waals surface area contributed by atoms with Crippen molar-refractivity contribution in [2.24, 2.45) is 4.99 Å². The fourth-order valence-corrected chi connectivity index (χ4v) is 2.66. The van der Waals surface area contributed by atoms with Gasteiger partial charge in [-0.2, -0.15) is 0 Å². The lowest BCUT2D eigenvalue weighted by Crippen LogP contribution is -2.41. The van der Waals surface area contributed by atoms with Gasteiger partial charge in [0.2, 0.25) is 0 Å². The summed E-state index contributed by atoms with van der Waals surface area (Å²) in [4.78, 5) is 7.66. The number of aliphatic imine (C=N–C) groups is 1. The second-order valence-corrected chi connectivity index (χ2v) is 5.91. The second-order valence-electron chi connectivity index (χ2n) is 4.88. The van der Waals surface area contributed by atoms with Crippen LogP contribution in [0.1, 0.15) is 16.7 Å². The molecule has 0 fully saturated rings. The van der Waals surface area contributed by atoms with Crippen molar-refractivity contribution in [3.8, 4) is 0 Å². The molecular formula is C15H23IN4OS. The summed E-state index contributed by atoms with van der Waals surface area (Å²) in [7, 11) is 5.86. The number of hydrogen-bond acceptors (Lipinski definition) is 4. The average Bonchev–Trinajstić information content (AvgIpc) is 3.15. The van der Waals surface area contributed by atoms with Crippen molar-refractivity contribution < 1.29 is 4.42 Å². The Bertz CT molecular complexity index is 540. The largest absolute Gasteiger partial charge is 0.468 e. The molecule has 0 aliphatic carbocycles. The van der Waals surface area contributed by atoms with Gasteiger partial charge >= 0.3 is 0 Å². The SMILES string of the molecule is CN=C(NCc1cccs1)NCC(c1ccco1)N(C)C.I. The van der Waals surface area contributed by atoms with Crippen LogP contribution >= 0.6 is 35.3 Å². The molecule has 0 aliphatic heterocycles. The minimum atomic E-state index is 0. The highest BCUT2D eigenvalue weighted by Crippen LogP contribution is 2.17. The molecule has 122 valence electrons. The third kappa shape index (κ3) is 5.62. The molecule has 2 rings (SSSR count). The van der Waals surface area contributed by atoms with Crippen molar-refractivity contribution in [1.29, 1.82) is 0 Å². The van der Waals surface area contributed by atoms with Gasteiger partial charge in [-0.1, -0.05) is 6.07 Å². The van der Waals surface area contributed by atoms with E-state index in [0.717, 1.165) is 24.8 Å². The van der Waals surface area contributed by atoms with E-state index in [0.29, 0.717) is 0 Å². The molecule has 5 nitrogen and oxygen atoms in total. The smallest absolute Gasteiger partial charge is 0.191 e. The van der Waals surface area contributed by atoms with Gasteiger partial charge in [-0.05, 0) is 37.7 Å². The van der Waals surface area contributed by atoms with Crippen LogP contribution in [0, 0.1) is 0 Å². The van der Waals surface area contributed by atoms with E-state index in [-0.39, 0.29) is 30.0 Å². The minimum absolute atomic E-state index is 0. The van der Waals surface area contributed by atoms with Gasteiger partial charge in [0.05, 0.1) is 18.8 Å². The van der Waals surface area contributed by atoms with Gasteiger partial charge in [-0.3, -0.25) is 9.89 Å². The predicted octanol–water partition coefficient (Wildman–Crippen LogP) is 2.93. The van der Waals surface area contributed by atoms with Crippen LogP contribution in [0.2, 0.25) is 0 Å². The van der Waals surface area contributed by atoms with E-state index in [9.17, 15) is 0 Å². The van der Waals surface area contributed by atoms with Crippen molar-refractivity contribution in [2.75, 3.05) is 27.7 Å². The maximum Gasteiger partial charge on any atom is 0.191 e. The molecular weight excluding hydrogens is 411 g/mol. The monoisotopic (exact) mass is 434 g/mol. The summed E-state index contributed by atoms with van der Waals surface area (Å²) in [5, 5.41) is 8.73. The van der Waals surface area contributed by atoms with E-state index in [2.05, 4.69) is 38.0 Å². The van der Waals surface area contributed by atoms with Crippen molar-refractivity contribution in [3.05, 3.63) is 46.5 Å². The first-order valence-electron chi connectivity index (χ1n) is 6.87. The number of nitrogens with zero attached hydrogens (tertiary/aromatic N) is 2. The zero-order valence-electron chi connectivity index (χ0n) is 13.1. The van der Waals surface area contributed by atoms with Gasteiger partial charge < -0.3 is 15.1 Å². The molecule has 2 aromatic rings. The zero-order valence-corrected chi connectivity index (χ0v) is 16.2. The van der Waals surface area contributed by atoms with Crippen molar-refractivity contribution >= 4 is 41.3 Å². The fourth-order valence-electron chi connectivity index (χ4n) is 2.02. The van der Waals surface area contributed by atoms with Gasteiger partial charge in [-0.15, -0.1) is 35.3 Å². The highest BCUT2D eigenvalue weighted by Gasteiger charge is 2.17. The summed E-state index contributed by atoms with van der Waals surface area (Å²) in [5.41, 5.74) is 0. The third-order valence-corrected chi connectivity index (χ3v) is 4.07. The normalized spacial score (nSPS) is 12.8. The Balaban J connectivity index is 0.00000242. The molecule has 22 heavy (non-hydrogen) atoms. The number of likely N-dealkylation sites (N-methyl/N-ethyl adjacent to an activating group) is 1. The van der Waals surface area contributed by atoms with Gasteiger partial charge in [0, 0.05) is 18.5 Å². The molecule has 0 aromatic carbocycles. The Morgan fingerprint density at radius 2 is 2.14 bits per heavy atom. The maximum absolute atomic E-state index is 5.50. The molecule has 0 spiro atoms. The molecule has 2 heterocycles. The number of thiophene rings is 1. The van der Waals surface area contributed by atoms with Crippen LogP contribution in [0.4, 0.5) is 0 Å². The second kappa shape index (κ2) is 9.86. The lowest BCUT2D eigenvalue weighted by Gasteiger charge is -2.23. The Morgan fingerprint density at radius 3 is 2.68 bits per heavy atom. The standard InChI is InChI=1S/C15H22N4OS.HI/c1-16-15(17-10-12-6-5-9-21-12)18-11-13(19(2)3)14-7-4-8-20-14;/h4-9,13H,10-11H2,1-3H3,(H2,16,17,18);1H. The minimum Gasteiger partial charge on any atom is -0.468 e. The van der Waals surface area contributed by atoms with Crippen LogP contribution in [0.25, 0.3) is 0 Å². The maximum atomic E-state index is 5.50. The quantitative estimate of drug-likeness (QED) is 0.417. The van der Waals surface area contributed by atoms with Crippen molar-refractivity contribution in [2.45, 2.75) is 12.6 Å². The van der Waals surface area contributed by atoms with E-state index >= 15 is 0 Å². The van der Waals surface area contributed by atoms with E-state index < -0.39 is 0 Å². The molecule has 1 unspecified atom stereocenters. The number of hydrogen-bond donors (Lipinski definition) is 2. The Morgan fingerprint density at radius 1 is 1.32 bits per heavy atom. The molecule has 1 atom stereocenters. The van der Waals surface area contributed by atoms with Crippen LogP contribution < -0.4 is 10.6 Å². The Hall–Kier alpha value is -1.06. The van der Waals surface area contributed by atoms with E-state index in [1.165, 1.54) is 4.88 Å². The van der Waals surface area contributed by atoms with E-state index in [4.69, 9.17) is 4.42 Å². The Labute approximate surface area is 152 Å². The highest BCUT2D eigenvalue weighted by molar-refractivity contribution is 14.0. The summed E-state index contributed by atoms with van der Waals surface area (Å²) >= 11 is 1.73. The average molecular weight is 434 g/mol. The van der Waals surface area contributed by atoms with Crippen LogP contribution in [0.15, 0.2) is 45.3 Å². The third-order valence-electron chi connectivity index (χ3n) is 3.19. The number of rotatable bonds is 6. The highest BCUT2D eigenvalue weighted by atomic mass is 127. The molecule has 2 aromatic heterocycles. The van der Waals surface area contributed by atoms with Crippen LogP contribution in [-0.2, 0) is 6.54 Å². The summed E-state index contributed by atoms with van der Waals surface area (Å²) in [6.07, 6.45) is 1.70.